The first-order valence-electron chi connectivity index (χ1n) is 4.30. The molecule has 0 aliphatic carbocycles. The predicted octanol–water partition coefficient (Wildman–Crippen LogP) is 1.97. The van der Waals surface area contributed by atoms with Gasteiger partial charge in [-0.15, -0.1) is 0 Å². The summed E-state index contributed by atoms with van der Waals surface area (Å²) in [5, 5.41) is 3.00. The summed E-state index contributed by atoms with van der Waals surface area (Å²) >= 11 is 3.39. The maximum atomic E-state index is 4.10. The van der Waals surface area contributed by atoms with Gasteiger partial charge in [-0.2, -0.15) is 0 Å². The molecular formula is C10H14BrN3. The fraction of sp³-hybridized carbons (Fsp3) is 0.300. The zero-order valence-electron chi connectivity index (χ0n) is 8.42. The third-order valence-corrected chi connectivity index (χ3v) is 2.36. The Balaban J connectivity index is 2.64. The van der Waals surface area contributed by atoms with Gasteiger partial charge in [0.15, 0.2) is 0 Å². The van der Waals surface area contributed by atoms with Crippen LogP contribution in [0.15, 0.2) is 35.3 Å². The van der Waals surface area contributed by atoms with Crippen LogP contribution in [0.2, 0.25) is 0 Å². The number of nitrogens with one attached hydrogen (secondary N) is 1. The SMILES string of the molecule is C=C(NC)N(C)Cc1cncc(Br)c1. The second-order valence-corrected chi connectivity index (χ2v) is 3.98. The van der Waals surface area contributed by atoms with E-state index in [9.17, 15) is 0 Å². The van der Waals surface area contributed by atoms with Crippen molar-refractivity contribution < 1.29 is 0 Å². The van der Waals surface area contributed by atoms with Gasteiger partial charge in [0.2, 0.25) is 0 Å². The molecule has 1 rings (SSSR count). The Morgan fingerprint density at radius 3 is 2.93 bits per heavy atom. The molecule has 1 aromatic heterocycles. The molecule has 0 radical (unpaired) electrons. The molecule has 0 aliphatic heterocycles. The minimum absolute atomic E-state index is 0.798. The largest absolute Gasteiger partial charge is 0.375 e. The highest BCUT2D eigenvalue weighted by Crippen LogP contribution is 2.11. The lowest BCUT2D eigenvalue weighted by atomic mass is 10.3. The molecule has 3 nitrogen and oxygen atoms in total. The minimum atomic E-state index is 0.798. The van der Waals surface area contributed by atoms with Crippen molar-refractivity contribution in [2.45, 2.75) is 6.54 Å². The molecule has 0 amide bonds. The topological polar surface area (TPSA) is 28.2 Å². The summed E-state index contributed by atoms with van der Waals surface area (Å²) in [5.74, 6) is 0.893. The van der Waals surface area contributed by atoms with E-state index in [1.165, 1.54) is 0 Å². The van der Waals surface area contributed by atoms with Crippen LogP contribution in [0.25, 0.3) is 0 Å². The van der Waals surface area contributed by atoms with Crippen LogP contribution in [0, 0.1) is 0 Å². The Kier molecular flexibility index (Phi) is 3.95. The maximum absolute atomic E-state index is 4.10. The molecular weight excluding hydrogens is 242 g/mol. The predicted molar refractivity (Wildman–Crippen MR) is 61.6 cm³/mol. The third kappa shape index (κ3) is 3.03. The van der Waals surface area contributed by atoms with Gasteiger partial charge in [0, 0.05) is 37.5 Å². The molecule has 1 heterocycles. The van der Waals surface area contributed by atoms with Gasteiger partial charge in [-0.1, -0.05) is 6.58 Å². The summed E-state index contributed by atoms with van der Waals surface area (Å²) in [6.07, 6.45) is 3.63. The van der Waals surface area contributed by atoms with Crippen molar-refractivity contribution in [3.63, 3.8) is 0 Å². The Labute approximate surface area is 93.0 Å². The molecule has 0 fully saturated rings. The number of hydrogen-bond donors (Lipinski definition) is 1. The van der Waals surface area contributed by atoms with Crippen molar-refractivity contribution in [1.82, 2.24) is 15.2 Å². The van der Waals surface area contributed by atoms with E-state index in [4.69, 9.17) is 0 Å². The molecule has 1 aromatic rings. The van der Waals surface area contributed by atoms with E-state index in [0.717, 1.165) is 22.4 Å². The molecule has 0 spiro atoms. The molecule has 0 atom stereocenters. The van der Waals surface area contributed by atoms with E-state index in [1.807, 2.05) is 31.3 Å². The highest BCUT2D eigenvalue weighted by atomic mass is 79.9. The van der Waals surface area contributed by atoms with Crippen molar-refractivity contribution >= 4 is 15.9 Å². The number of rotatable bonds is 4. The Bertz CT molecular complexity index is 325. The van der Waals surface area contributed by atoms with Crippen LogP contribution in [0.3, 0.4) is 0 Å². The van der Waals surface area contributed by atoms with Crippen LogP contribution < -0.4 is 5.32 Å². The monoisotopic (exact) mass is 255 g/mol. The Morgan fingerprint density at radius 2 is 2.36 bits per heavy atom. The molecule has 1 N–H and O–H groups in total. The molecule has 4 heteroatoms. The average Bonchev–Trinajstić information content (AvgIpc) is 2.16. The standard InChI is InChI=1S/C10H14BrN3/c1-8(12-2)14(3)7-9-4-10(11)6-13-5-9/h4-6,12H,1,7H2,2-3H3. The second-order valence-electron chi connectivity index (χ2n) is 3.06. The maximum Gasteiger partial charge on any atom is 0.0936 e. The van der Waals surface area contributed by atoms with Gasteiger partial charge in [0.1, 0.15) is 0 Å². The molecule has 76 valence electrons. The number of halogens is 1. The molecule has 0 aliphatic rings. The Morgan fingerprint density at radius 1 is 1.64 bits per heavy atom. The molecule has 14 heavy (non-hydrogen) atoms. The van der Waals surface area contributed by atoms with Crippen LogP contribution in [0.4, 0.5) is 0 Å². The number of nitrogens with zero attached hydrogens (tertiary/aromatic N) is 2. The molecule has 0 saturated heterocycles. The van der Waals surface area contributed by atoms with Gasteiger partial charge in [0.25, 0.3) is 0 Å². The normalized spacial score (nSPS) is 9.64. The van der Waals surface area contributed by atoms with Gasteiger partial charge in [-0.05, 0) is 27.6 Å². The van der Waals surface area contributed by atoms with Crippen LogP contribution in [-0.4, -0.2) is 24.0 Å². The summed E-state index contributed by atoms with van der Waals surface area (Å²) in [6.45, 7) is 4.67. The summed E-state index contributed by atoms with van der Waals surface area (Å²) in [5.41, 5.74) is 1.15. The fourth-order valence-electron chi connectivity index (χ4n) is 1.10. The number of hydrogen-bond acceptors (Lipinski definition) is 3. The molecule has 0 aromatic carbocycles. The van der Waals surface area contributed by atoms with Crippen molar-refractivity contribution in [3.05, 3.63) is 40.9 Å². The fourth-order valence-corrected chi connectivity index (χ4v) is 1.51. The van der Waals surface area contributed by atoms with Crippen molar-refractivity contribution in [2.75, 3.05) is 14.1 Å². The quantitative estimate of drug-likeness (QED) is 0.892. The van der Waals surface area contributed by atoms with Gasteiger partial charge in [0.05, 0.1) is 5.82 Å². The van der Waals surface area contributed by atoms with Crippen LogP contribution in [-0.2, 0) is 6.54 Å². The number of aromatic nitrogens is 1. The first kappa shape index (κ1) is 11.0. The summed E-state index contributed by atoms with van der Waals surface area (Å²) in [4.78, 5) is 6.13. The van der Waals surface area contributed by atoms with E-state index < -0.39 is 0 Å². The summed E-state index contributed by atoms with van der Waals surface area (Å²) in [7, 11) is 3.84. The van der Waals surface area contributed by atoms with E-state index in [1.54, 1.807) is 6.20 Å². The van der Waals surface area contributed by atoms with Gasteiger partial charge in [-0.25, -0.2) is 0 Å². The lowest BCUT2D eigenvalue weighted by Gasteiger charge is -2.20. The highest BCUT2D eigenvalue weighted by Gasteiger charge is 2.01. The average molecular weight is 256 g/mol. The van der Waals surface area contributed by atoms with Crippen molar-refractivity contribution in [2.24, 2.45) is 0 Å². The lowest BCUT2D eigenvalue weighted by molar-refractivity contribution is 0.387. The molecule has 0 saturated carbocycles. The van der Waals surface area contributed by atoms with Gasteiger partial charge >= 0.3 is 0 Å². The van der Waals surface area contributed by atoms with Crippen molar-refractivity contribution in [1.29, 1.82) is 0 Å². The van der Waals surface area contributed by atoms with Crippen molar-refractivity contribution in [3.8, 4) is 0 Å². The van der Waals surface area contributed by atoms with E-state index >= 15 is 0 Å². The van der Waals surface area contributed by atoms with E-state index in [-0.39, 0.29) is 0 Å². The highest BCUT2D eigenvalue weighted by molar-refractivity contribution is 9.10. The van der Waals surface area contributed by atoms with Crippen LogP contribution in [0.5, 0.6) is 0 Å². The molecule has 0 bridgehead atoms. The lowest BCUT2D eigenvalue weighted by Crippen LogP contribution is -2.24. The zero-order chi connectivity index (χ0) is 10.6. The van der Waals surface area contributed by atoms with E-state index in [2.05, 4.69) is 32.8 Å². The van der Waals surface area contributed by atoms with E-state index in [0.29, 0.717) is 0 Å². The summed E-state index contributed by atoms with van der Waals surface area (Å²) < 4.78 is 0.999. The Hall–Kier alpha value is -1.03. The van der Waals surface area contributed by atoms with Crippen LogP contribution >= 0.6 is 15.9 Å². The molecule has 0 unspecified atom stereocenters. The first-order chi connectivity index (χ1) is 6.63. The second kappa shape index (κ2) is 5.00. The summed E-state index contributed by atoms with van der Waals surface area (Å²) in [6, 6.07) is 2.05. The third-order valence-electron chi connectivity index (χ3n) is 1.93. The van der Waals surface area contributed by atoms with Gasteiger partial charge in [-0.3, -0.25) is 4.98 Å². The first-order valence-corrected chi connectivity index (χ1v) is 5.10. The van der Waals surface area contributed by atoms with Crippen LogP contribution in [0.1, 0.15) is 5.56 Å². The number of pyridine rings is 1. The van der Waals surface area contributed by atoms with Gasteiger partial charge < -0.3 is 10.2 Å². The smallest absolute Gasteiger partial charge is 0.0936 e. The minimum Gasteiger partial charge on any atom is -0.375 e. The zero-order valence-corrected chi connectivity index (χ0v) is 10.0.